The van der Waals surface area contributed by atoms with Gasteiger partial charge in [-0.05, 0) is 47.5 Å². The van der Waals surface area contributed by atoms with Gasteiger partial charge in [0.25, 0.3) is 5.91 Å². The number of ether oxygens (including phenoxy) is 1. The number of carbonyl (C=O) groups excluding carboxylic acids is 2. The van der Waals surface area contributed by atoms with Crippen molar-refractivity contribution in [2.45, 2.75) is 6.04 Å². The number of nitrogens with zero attached hydrogens (tertiary/aromatic N) is 1. The lowest BCUT2D eigenvalue weighted by Gasteiger charge is -2.28. The van der Waals surface area contributed by atoms with Gasteiger partial charge in [-0.2, -0.15) is 0 Å². The van der Waals surface area contributed by atoms with E-state index >= 15 is 0 Å². The molecule has 3 aromatic rings. The second-order valence-electron chi connectivity index (χ2n) is 7.98. The van der Waals surface area contributed by atoms with Gasteiger partial charge in [0.2, 0.25) is 5.78 Å². The van der Waals surface area contributed by atoms with Crippen LogP contribution in [0.1, 0.15) is 17.2 Å². The van der Waals surface area contributed by atoms with Crippen molar-refractivity contribution in [2.24, 2.45) is 0 Å². The van der Waals surface area contributed by atoms with Crippen LogP contribution in [0.4, 0.5) is 11.4 Å². The van der Waals surface area contributed by atoms with E-state index in [1.807, 2.05) is 26.2 Å². The highest BCUT2D eigenvalue weighted by Gasteiger charge is 2.45. The Kier molecular flexibility index (Phi) is 6.22. The summed E-state index contributed by atoms with van der Waals surface area (Å²) in [4.78, 5) is 28.9. The third-order valence-corrected chi connectivity index (χ3v) is 5.95. The average Bonchev–Trinajstić information content (AvgIpc) is 3.09. The van der Waals surface area contributed by atoms with Crippen LogP contribution in [0, 0.1) is 0 Å². The standard InChI is InChI=1S/C26H23ClN2O4/c1-28(2)19-10-12-20(13-11-19)29-23(16-6-14-21(33-3)15-7-16)22(25(31)26(29)32)24(30)17-4-8-18(27)9-5-17/h4-15,23,30H,1-3H3. The molecule has 1 unspecified atom stereocenters. The van der Waals surface area contributed by atoms with Crippen LogP contribution in [0.3, 0.4) is 0 Å². The number of halogens is 1. The molecule has 1 aliphatic heterocycles. The Labute approximate surface area is 197 Å². The van der Waals surface area contributed by atoms with E-state index in [0.29, 0.717) is 27.6 Å². The summed E-state index contributed by atoms with van der Waals surface area (Å²) in [7, 11) is 5.55. The predicted octanol–water partition coefficient (Wildman–Crippen LogP) is 2.55. The monoisotopic (exact) mass is 462 g/mol. The Balaban J connectivity index is 1.89. The zero-order chi connectivity index (χ0) is 23.7. The summed E-state index contributed by atoms with van der Waals surface area (Å²) in [6.07, 6.45) is 0. The molecule has 0 spiro atoms. The molecule has 0 bridgehead atoms. The van der Waals surface area contributed by atoms with Crippen LogP contribution < -0.4 is 19.6 Å². The van der Waals surface area contributed by atoms with Crippen LogP contribution in [-0.2, 0) is 9.59 Å². The second kappa shape index (κ2) is 9.10. The fraction of sp³-hybridized carbons (Fsp3) is 0.154. The molecule has 0 aliphatic carbocycles. The number of nitrogens with one attached hydrogen (secondary N) is 1. The number of anilines is 1. The van der Waals surface area contributed by atoms with Gasteiger partial charge in [-0.15, -0.1) is 0 Å². The number of amides is 1. The number of quaternary nitrogens is 1. The maximum Gasteiger partial charge on any atom is 0.299 e. The average molecular weight is 463 g/mol. The number of benzene rings is 3. The predicted molar refractivity (Wildman–Crippen MR) is 126 cm³/mol. The van der Waals surface area contributed by atoms with Crippen LogP contribution in [0.15, 0.2) is 78.4 Å². The van der Waals surface area contributed by atoms with E-state index in [9.17, 15) is 14.7 Å². The minimum absolute atomic E-state index is 0.0881. The quantitative estimate of drug-likeness (QED) is 0.359. The lowest BCUT2D eigenvalue weighted by molar-refractivity contribution is -0.786. The lowest BCUT2D eigenvalue weighted by atomic mass is 9.95. The first-order valence-corrected chi connectivity index (χ1v) is 10.8. The van der Waals surface area contributed by atoms with Crippen molar-refractivity contribution >= 4 is 40.4 Å². The molecule has 1 saturated heterocycles. The third kappa shape index (κ3) is 4.23. The molecule has 7 heteroatoms. The molecule has 33 heavy (non-hydrogen) atoms. The number of carbonyl (C=O) groups is 2. The van der Waals surface area contributed by atoms with E-state index in [0.717, 1.165) is 10.6 Å². The number of Topliss-reactive ketones (excluding diaryl/α,β-unsaturated/α-hetero) is 1. The fourth-order valence-electron chi connectivity index (χ4n) is 3.90. The summed E-state index contributed by atoms with van der Waals surface area (Å²) in [5.74, 6) is -1.41. The molecule has 6 nitrogen and oxygen atoms in total. The Morgan fingerprint density at radius 2 is 1.55 bits per heavy atom. The van der Waals surface area contributed by atoms with E-state index in [-0.39, 0.29) is 5.57 Å². The van der Waals surface area contributed by atoms with Crippen molar-refractivity contribution < 1.29 is 24.3 Å². The van der Waals surface area contributed by atoms with Crippen molar-refractivity contribution in [1.29, 1.82) is 0 Å². The van der Waals surface area contributed by atoms with Gasteiger partial charge in [0.05, 0.1) is 27.2 Å². The molecule has 0 radical (unpaired) electrons. The molecule has 1 atom stereocenters. The molecule has 0 aromatic heterocycles. The van der Waals surface area contributed by atoms with Crippen molar-refractivity contribution in [2.75, 3.05) is 26.1 Å². The van der Waals surface area contributed by atoms with E-state index in [1.54, 1.807) is 67.8 Å². The van der Waals surface area contributed by atoms with E-state index in [2.05, 4.69) is 0 Å². The van der Waals surface area contributed by atoms with Crippen LogP contribution in [0.5, 0.6) is 5.75 Å². The molecule has 1 N–H and O–H groups in total. The van der Waals surface area contributed by atoms with E-state index in [4.69, 9.17) is 16.3 Å². The van der Waals surface area contributed by atoms with Gasteiger partial charge in [0, 0.05) is 28.4 Å². The van der Waals surface area contributed by atoms with Gasteiger partial charge in [-0.1, -0.05) is 41.6 Å². The smallest absolute Gasteiger partial charge is 0.299 e. The van der Waals surface area contributed by atoms with Crippen LogP contribution in [0.2, 0.25) is 5.02 Å². The van der Waals surface area contributed by atoms with Gasteiger partial charge in [-0.25, -0.2) is 0 Å². The molecule has 3 aromatic carbocycles. The molecule has 168 valence electrons. The van der Waals surface area contributed by atoms with Crippen molar-refractivity contribution in [1.82, 2.24) is 0 Å². The fourth-order valence-corrected chi connectivity index (χ4v) is 4.03. The third-order valence-electron chi connectivity index (χ3n) is 5.69. The van der Waals surface area contributed by atoms with Gasteiger partial charge >= 0.3 is 0 Å². The minimum atomic E-state index is -0.864. The van der Waals surface area contributed by atoms with Gasteiger partial charge in [0.1, 0.15) is 11.4 Å². The zero-order valence-electron chi connectivity index (χ0n) is 18.5. The number of methoxy groups -OCH3 is 1. The molecular formula is C26H23ClN2O4. The molecule has 4 rings (SSSR count). The summed E-state index contributed by atoms with van der Waals surface area (Å²) in [5, 5.41) is 13.9. The topological polar surface area (TPSA) is 74.1 Å². The second-order valence-corrected chi connectivity index (χ2v) is 8.41. The highest BCUT2D eigenvalue weighted by atomic mass is 35.5. The molecular weight excluding hydrogens is 440 g/mol. The molecule has 1 heterocycles. The van der Waals surface area contributed by atoms with Crippen molar-refractivity contribution in [3.63, 3.8) is 0 Å². The first-order chi connectivity index (χ1) is 15.8. The summed E-state index contributed by atoms with van der Waals surface area (Å²) in [5.41, 5.74) is 2.41. The lowest BCUT2D eigenvalue weighted by Crippen LogP contribution is -3.00. The Bertz CT molecular complexity index is 1220. The molecule has 1 aliphatic rings. The van der Waals surface area contributed by atoms with Crippen molar-refractivity contribution in [3.05, 3.63) is 94.5 Å². The Hall–Kier alpha value is -3.61. The highest BCUT2D eigenvalue weighted by molar-refractivity contribution is 6.51. The highest BCUT2D eigenvalue weighted by Crippen LogP contribution is 2.42. The Morgan fingerprint density at radius 3 is 2.09 bits per heavy atom. The van der Waals surface area contributed by atoms with E-state index in [1.165, 1.54) is 4.90 Å². The van der Waals surface area contributed by atoms with Gasteiger partial charge in [-0.3, -0.25) is 14.5 Å². The zero-order valence-corrected chi connectivity index (χ0v) is 19.2. The molecule has 1 amide bonds. The minimum Gasteiger partial charge on any atom is -0.872 e. The molecule has 1 fully saturated rings. The van der Waals surface area contributed by atoms with Crippen LogP contribution in [-0.4, -0.2) is 32.9 Å². The maximum atomic E-state index is 13.4. The summed E-state index contributed by atoms with van der Waals surface area (Å²) in [6.45, 7) is 0. The first-order valence-electron chi connectivity index (χ1n) is 10.4. The number of hydrogen-bond donors (Lipinski definition) is 1. The number of ketones is 1. The summed E-state index contributed by atoms with van der Waals surface area (Å²) in [6, 6.07) is 19.8. The van der Waals surface area contributed by atoms with Crippen LogP contribution >= 0.6 is 11.6 Å². The summed E-state index contributed by atoms with van der Waals surface area (Å²) >= 11 is 5.96. The maximum absolute atomic E-state index is 13.4. The van der Waals surface area contributed by atoms with Crippen molar-refractivity contribution in [3.8, 4) is 5.75 Å². The number of hydrogen-bond acceptors (Lipinski definition) is 4. The number of rotatable bonds is 5. The van der Waals surface area contributed by atoms with Gasteiger partial charge in [0.15, 0.2) is 0 Å². The Morgan fingerprint density at radius 1 is 0.939 bits per heavy atom. The van der Waals surface area contributed by atoms with Gasteiger partial charge < -0.3 is 14.7 Å². The summed E-state index contributed by atoms with van der Waals surface area (Å²) < 4.78 is 5.24. The first kappa shape index (κ1) is 22.6. The largest absolute Gasteiger partial charge is 0.872 e. The normalized spacial score (nSPS) is 17.6. The molecule has 0 saturated carbocycles. The van der Waals surface area contributed by atoms with E-state index < -0.39 is 23.5 Å². The van der Waals surface area contributed by atoms with Crippen LogP contribution in [0.25, 0.3) is 5.76 Å². The SMILES string of the molecule is COc1ccc(C2C(=C([O-])c3ccc(Cl)cc3)C(=O)C(=O)N2c2ccc([NH+](C)C)cc2)cc1.